The number of hydrogen-bond donors (Lipinski definition) is 6. The molecule has 6 N–H and O–H groups in total. The summed E-state index contributed by atoms with van der Waals surface area (Å²) in [6.45, 7) is 0. The van der Waals surface area contributed by atoms with Crippen molar-refractivity contribution >= 4 is 14.2 Å². The minimum atomic E-state index is -2.04. The van der Waals surface area contributed by atoms with Gasteiger partial charge in [0.05, 0.1) is 5.76 Å². The van der Waals surface area contributed by atoms with E-state index in [0.717, 1.165) is 12.2 Å². The van der Waals surface area contributed by atoms with E-state index in [4.69, 9.17) is 20.1 Å². The standard InChI is InChI=1S/C6H10B2O6/c9-5-3-6(10,8(13)14)2-1-4(5)7(11)12/h1-2,9-14H,3H2. The van der Waals surface area contributed by atoms with Crippen LogP contribution in [0.5, 0.6) is 0 Å². The molecule has 0 amide bonds. The fraction of sp³-hybridized carbons (Fsp3) is 0.333. The highest BCUT2D eigenvalue weighted by Gasteiger charge is 2.42. The van der Waals surface area contributed by atoms with Crippen molar-refractivity contribution in [3.8, 4) is 0 Å². The van der Waals surface area contributed by atoms with Crippen molar-refractivity contribution in [3.05, 3.63) is 23.4 Å². The summed E-state index contributed by atoms with van der Waals surface area (Å²) in [6.07, 6.45) is 1.54. The lowest BCUT2D eigenvalue weighted by Gasteiger charge is -2.27. The third-order valence-corrected chi connectivity index (χ3v) is 2.06. The first-order chi connectivity index (χ1) is 6.37. The van der Waals surface area contributed by atoms with Crippen LogP contribution in [0.25, 0.3) is 0 Å². The van der Waals surface area contributed by atoms with Crippen LogP contribution in [0.15, 0.2) is 23.4 Å². The molecule has 1 aliphatic rings. The van der Waals surface area contributed by atoms with E-state index >= 15 is 0 Å². The van der Waals surface area contributed by atoms with Gasteiger partial charge in [-0.15, -0.1) is 0 Å². The molecule has 76 valence electrons. The quantitative estimate of drug-likeness (QED) is 0.274. The molecule has 0 aromatic carbocycles. The van der Waals surface area contributed by atoms with Crippen LogP contribution in [-0.2, 0) is 0 Å². The van der Waals surface area contributed by atoms with Crippen molar-refractivity contribution in [3.63, 3.8) is 0 Å². The van der Waals surface area contributed by atoms with Crippen LogP contribution in [0.2, 0.25) is 0 Å². The minimum Gasteiger partial charge on any atom is -0.513 e. The molecule has 0 saturated carbocycles. The van der Waals surface area contributed by atoms with Crippen LogP contribution in [0.4, 0.5) is 0 Å². The molecule has 1 atom stereocenters. The average Bonchev–Trinajstić information content (AvgIpc) is 2.02. The SMILES string of the molecule is OB(O)C1=C(O)CC(O)(B(O)O)C=C1. The highest BCUT2D eigenvalue weighted by Crippen LogP contribution is 2.26. The molecule has 0 bridgehead atoms. The van der Waals surface area contributed by atoms with E-state index in [1.165, 1.54) is 0 Å². The number of aliphatic hydroxyl groups is 2. The molecular formula is C6H10B2O6. The molecule has 14 heavy (non-hydrogen) atoms. The van der Waals surface area contributed by atoms with Gasteiger partial charge in [0, 0.05) is 11.9 Å². The van der Waals surface area contributed by atoms with Gasteiger partial charge in [0.1, 0.15) is 5.50 Å². The van der Waals surface area contributed by atoms with E-state index in [1.54, 1.807) is 0 Å². The number of hydrogen-bond acceptors (Lipinski definition) is 6. The zero-order chi connectivity index (χ0) is 10.9. The molecule has 1 rings (SSSR count). The fourth-order valence-corrected chi connectivity index (χ4v) is 1.17. The second-order valence-corrected chi connectivity index (χ2v) is 3.15. The second-order valence-electron chi connectivity index (χ2n) is 3.15. The van der Waals surface area contributed by atoms with Crippen LogP contribution >= 0.6 is 0 Å². The summed E-state index contributed by atoms with van der Waals surface area (Å²) in [4.78, 5) is 0. The molecule has 0 aliphatic heterocycles. The lowest BCUT2D eigenvalue weighted by atomic mass is 9.61. The van der Waals surface area contributed by atoms with Gasteiger partial charge in [-0.2, -0.15) is 0 Å². The Balaban J connectivity index is 2.91. The van der Waals surface area contributed by atoms with Crippen molar-refractivity contribution in [2.75, 3.05) is 0 Å². The first kappa shape index (κ1) is 11.3. The zero-order valence-corrected chi connectivity index (χ0v) is 7.20. The van der Waals surface area contributed by atoms with Crippen molar-refractivity contribution in [1.82, 2.24) is 0 Å². The maximum absolute atomic E-state index is 9.47. The van der Waals surface area contributed by atoms with Gasteiger partial charge in [-0.05, 0) is 0 Å². The van der Waals surface area contributed by atoms with Gasteiger partial charge in [-0.3, -0.25) is 0 Å². The van der Waals surface area contributed by atoms with Crippen LogP contribution in [-0.4, -0.2) is 50.0 Å². The highest BCUT2D eigenvalue weighted by atomic mass is 16.4. The van der Waals surface area contributed by atoms with E-state index in [1.807, 2.05) is 0 Å². The topological polar surface area (TPSA) is 121 Å². The van der Waals surface area contributed by atoms with Gasteiger partial charge in [0.2, 0.25) is 0 Å². The molecule has 0 aromatic rings. The Morgan fingerprint density at radius 1 is 1.21 bits per heavy atom. The molecule has 0 spiro atoms. The normalized spacial score (nSPS) is 26.6. The van der Waals surface area contributed by atoms with E-state index in [2.05, 4.69) is 0 Å². The Labute approximate surface area is 80.7 Å². The van der Waals surface area contributed by atoms with Gasteiger partial charge in [0.15, 0.2) is 0 Å². The molecule has 0 heterocycles. The predicted molar refractivity (Wildman–Crippen MR) is 48.7 cm³/mol. The molecular weight excluding hydrogens is 190 g/mol. The summed E-state index contributed by atoms with van der Waals surface area (Å²) in [5.74, 6) is -0.488. The monoisotopic (exact) mass is 200 g/mol. The van der Waals surface area contributed by atoms with E-state index in [9.17, 15) is 10.2 Å². The van der Waals surface area contributed by atoms with E-state index in [0.29, 0.717) is 0 Å². The van der Waals surface area contributed by atoms with Gasteiger partial charge in [0.25, 0.3) is 0 Å². The molecule has 1 unspecified atom stereocenters. The van der Waals surface area contributed by atoms with Crippen LogP contribution in [0, 0.1) is 0 Å². The summed E-state index contributed by atoms with van der Waals surface area (Å²) in [7, 11) is -3.90. The van der Waals surface area contributed by atoms with Crippen LogP contribution < -0.4 is 0 Å². The molecule has 0 fully saturated rings. The number of aliphatic hydroxyl groups excluding tert-OH is 1. The zero-order valence-electron chi connectivity index (χ0n) is 7.20. The molecule has 1 aliphatic carbocycles. The summed E-state index contributed by atoms with van der Waals surface area (Å²) in [6, 6.07) is 0. The largest absolute Gasteiger partial charge is 0.513 e. The maximum atomic E-state index is 9.47. The van der Waals surface area contributed by atoms with Crippen LogP contribution in [0.1, 0.15) is 6.42 Å². The van der Waals surface area contributed by atoms with E-state index in [-0.39, 0.29) is 5.47 Å². The summed E-state index contributed by atoms with van der Waals surface area (Å²) in [5, 5.41) is 53.7. The van der Waals surface area contributed by atoms with E-state index < -0.39 is 31.9 Å². The van der Waals surface area contributed by atoms with Gasteiger partial charge >= 0.3 is 14.2 Å². The molecule has 8 heteroatoms. The van der Waals surface area contributed by atoms with Crippen LogP contribution in [0.3, 0.4) is 0 Å². The first-order valence-corrected chi connectivity index (χ1v) is 3.93. The van der Waals surface area contributed by atoms with Crippen molar-refractivity contribution < 1.29 is 30.3 Å². The Bertz CT molecular complexity index is 286. The molecule has 6 nitrogen and oxygen atoms in total. The Kier molecular flexibility index (Phi) is 3.03. The number of allylic oxidation sites excluding steroid dienone is 2. The Morgan fingerprint density at radius 3 is 2.14 bits per heavy atom. The smallest absolute Gasteiger partial charge is 0.491 e. The summed E-state index contributed by atoms with van der Waals surface area (Å²) in [5.41, 5.74) is -2.15. The van der Waals surface area contributed by atoms with Crippen molar-refractivity contribution in [2.45, 2.75) is 11.9 Å². The third-order valence-electron chi connectivity index (χ3n) is 2.06. The summed E-state index contributed by atoms with van der Waals surface area (Å²) >= 11 is 0. The fourth-order valence-electron chi connectivity index (χ4n) is 1.17. The van der Waals surface area contributed by atoms with Gasteiger partial charge < -0.3 is 30.3 Å². The predicted octanol–water partition coefficient (Wildman–Crippen LogP) is -2.49. The molecule has 0 saturated heterocycles. The van der Waals surface area contributed by atoms with Gasteiger partial charge in [-0.1, -0.05) is 12.2 Å². The Morgan fingerprint density at radius 2 is 1.79 bits per heavy atom. The van der Waals surface area contributed by atoms with Gasteiger partial charge in [-0.25, -0.2) is 0 Å². The average molecular weight is 200 g/mol. The van der Waals surface area contributed by atoms with Crippen molar-refractivity contribution in [1.29, 1.82) is 0 Å². The lowest BCUT2D eigenvalue weighted by molar-refractivity contribution is 0.112. The van der Waals surface area contributed by atoms with Crippen molar-refractivity contribution in [2.24, 2.45) is 0 Å². The first-order valence-electron chi connectivity index (χ1n) is 3.93. The number of rotatable bonds is 2. The lowest BCUT2D eigenvalue weighted by Crippen LogP contribution is -2.46. The highest BCUT2D eigenvalue weighted by molar-refractivity contribution is 6.52. The minimum absolute atomic E-state index is 0.171. The Hall–Kier alpha value is -0.790. The second kappa shape index (κ2) is 3.76. The molecule has 0 radical (unpaired) electrons. The molecule has 0 aromatic heterocycles. The summed E-state index contributed by atoms with van der Waals surface area (Å²) < 4.78 is 0. The maximum Gasteiger partial charge on any atom is 0.491 e. The third kappa shape index (κ3) is 1.99.